The summed E-state index contributed by atoms with van der Waals surface area (Å²) in [5.41, 5.74) is 0.543. The van der Waals surface area contributed by atoms with Crippen LogP contribution in [0.25, 0.3) is 0 Å². The van der Waals surface area contributed by atoms with Crippen LogP contribution < -0.4 is 4.74 Å². The number of esters is 1. The van der Waals surface area contributed by atoms with Crippen molar-refractivity contribution in [1.82, 2.24) is 4.90 Å². The van der Waals surface area contributed by atoms with E-state index in [-0.39, 0.29) is 25.2 Å². The lowest BCUT2D eigenvalue weighted by Gasteiger charge is -2.28. The number of ether oxygens (including phenoxy) is 2. The zero-order chi connectivity index (χ0) is 12.3. The van der Waals surface area contributed by atoms with Gasteiger partial charge in [0, 0.05) is 6.92 Å². The minimum atomic E-state index is -0.351. The maximum atomic E-state index is 12.0. The molecule has 0 aliphatic carbocycles. The van der Waals surface area contributed by atoms with Crippen LogP contribution in [-0.2, 0) is 9.53 Å². The normalized spacial score (nSPS) is 13.9. The van der Waals surface area contributed by atoms with Crippen molar-refractivity contribution < 1.29 is 19.1 Å². The van der Waals surface area contributed by atoms with Crippen LogP contribution in [-0.4, -0.2) is 36.7 Å². The molecule has 0 spiro atoms. The van der Waals surface area contributed by atoms with Gasteiger partial charge >= 0.3 is 5.97 Å². The van der Waals surface area contributed by atoms with Crippen LogP contribution in [0.15, 0.2) is 24.3 Å². The molecule has 0 saturated heterocycles. The van der Waals surface area contributed by atoms with Crippen LogP contribution in [0.4, 0.5) is 0 Å². The Morgan fingerprint density at radius 2 is 2.24 bits per heavy atom. The van der Waals surface area contributed by atoms with Crippen molar-refractivity contribution >= 4 is 11.9 Å². The highest BCUT2D eigenvalue weighted by atomic mass is 16.5. The van der Waals surface area contributed by atoms with Crippen LogP contribution in [0.3, 0.4) is 0 Å². The van der Waals surface area contributed by atoms with E-state index in [2.05, 4.69) is 0 Å². The van der Waals surface area contributed by atoms with E-state index in [4.69, 9.17) is 9.47 Å². The van der Waals surface area contributed by atoms with Gasteiger partial charge < -0.3 is 14.4 Å². The van der Waals surface area contributed by atoms with E-state index in [0.29, 0.717) is 17.9 Å². The van der Waals surface area contributed by atoms with Crippen LogP contribution in [0.5, 0.6) is 5.75 Å². The summed E-state index contributed by atoms with van der Waals surface area (Å²) in [6.07, 6.45) is 0. The summed E-state index contributed by atoms with van der Waals surface area (Å²) in [6, 6.07) is 7.09. The fourth-order valence-corrected chi connectivity index (χ4v) is 1.61. The lowest BCUT2D eigenvalue weighted by molar-refractivity contribution is -0.141. The molecule has 0 bridgehead atoms. The number of carbonyl (C=O) groups excluding carboxylic acids is 2. The molecule has 0 N–H and O–H groups in total. The van der Waals surface area contributed by atoms with Crippen molar-refractivity contribution in [3.63, 3.8) is 0 Å². The predicted octanol–water partition coefficient (Wildman–Crippen LogP) is 1.04. The molecular formula is C12H13NO4. The van der Waals surface area contributed by atoms with Crippen molar-refractivity contribution in [3.05, 3.63) is 29.8 Å². The van der Waals surface area contributed by atoms with Gasteiger partial charge in [-0.05, 0) is 12.1 Å². The van der Waals surface area contributed by atoms with Gasteiger partial charge in [-0.25, -0.2) is 0 Å². The number of para-hydroxylation sites is 1. The fraction of sp³-hybridized carbons (Fsp3) is 0.333. The average Bonchev–Trinajstić information content (AvgIpc) is 2.32. The maximum absolute atomic E-state index is 12.0. The van der Waals surface area contributed by atoms with Gasteiger partial charge in [0.15, 0.2) is 6.73 Å². The van der Waals surface area contributed by atoms with Crippen molar-refractivity contribution in [2.45, 2.75) is 6.92 Å². The van der Waals surface area contributed by atoms with Crippen LogP contribution >= 0.6 is 0 Å². The highest BCUT2D eigenvalue weighted by Gasteiger charge is 2.24. The van der Waals surface area contributed by atoms with Crippen molar-refractivity contribution in [1.29, 1.82) is 0 Å². The number of amides is 1. The minimum Gasteiger partial charge on any atom is -0.472 e. The van der Waals surface area contributed by atoms with E-state index in [1.807, 2.05) is 6.07 Å². The number of benzene rings is 1. The molecule has 2 rings (SSSR count). The molecule has 0 atom stereocenters. The Kier molecular flexibility index (Phi) is 3.27. The van der Waals surface area contributed by atoms with Crippen molar-refractivity contribution in [2.75, 3.05) is 19.9 Å². The monoisotopic (exact) mass is 235 g/mol. The molecule has 0 fully saturated rings. The number of fused-ring (bicyclic) bond motifs is 1. The van der Waals surface area contributed by atoms with Gasteiger partial charge in [0.2, 0.25) is 0 Å². The van der Waals surface area contributed by atoms with Gasteiger partial charge in [0.25, 0.3) is 5.91 Å². The summed E-state index contributed by atoms with van der Waals surface area (Å²) >= 11 is 0. The van der Waals surface area contributed by atoms with Crippen LogP contribution in [0.1, 0.15) is 17.3 Å². The Hall–Kier alpha value is -2.04. The molecule has 1 heterocycles. The molecule has 1 aromatic carbocycles. The largest absolute Gasteiger partial charge is 0.472 e. The quantitative estimate of drug-likeness (QED) is 0.734. The van der Waals surface area contributed by atoms with E-state index in [1.54, 1.807) is 18.2 Å². The highest BCUT2D eigenvalue weighted by molar-refractivity contribution is 5.97. The summed E-state index contributed by atoms with van der Waals surface area (Å²) in [6.45, 7) is 2.06. The second kappa shape index (κ2) is 4.86. The average molecular weight is 235 g/mol. The second-order valence-electron chi connectivity index (χ2n) is 3.68. The van der Waals surface area contributed by atoms with E-state index < -0.39 is 0 Å². The number of rotatable bonds is 3. The first-order valence-electron chi connectivity index (χ1n) is 5.33. The molecule has 1 amide bonds. The molecule has 5 heteroatoms. The van der Waals surface area contributed by atoms with E-state index in [0.717, 1.165) is 0 Å². The number of hydrogen-bond acceptors (Lipinski definition) is 4. The molecule has 90 valence electrons. The number of nitrogens with zero attached hydrogens (tertiary/aromatic N) is 1. The lowest BCUT2D eigenvalue weighted by atomic mass is 10.1. The third kappa shape index (κ3) is 2.55. The SMILES string of the molecule is CC(=O)OCCN1COc2ccccc2C1=O. The highest BCUT2D eigenvalue weighted by Crippen LogP contribution is 2.23. The first-order valence-corrected chi connectivity index (χ1v) is 5.33. The Labute approximate surface area is 98.9 Å². The van der Waals surface area contributed by atoms with Gasteiger partial charge in [0.05, 0.1) is 12.1 Å². The lowest BCUT2D eigenvalue weighted by Crippen LogP contribution is -2.40. The topological polar surface area (TPSA) is 55.8 Å². The Morgan fingerprint density at radius 1 is 1.47 bits per heavy atom. The predicted molar refractivity (Wildman–Crippen MR) is 59.6 cm³/mol. The zero-order valence-corrected chi connectivity index (χ0v) is 9.51. The molecule has 0 saturated carbocycles. The third-order valence-corrected chi connectivity index (χ3v) is 2.45. The zero-order valence-electron chi connectivity index (χ0n) is 9.51. The summed E-state index contributed by atoms with van der Waals surface area (Å²) in [5.74, 6) is 0.149. The minimum absolute atomic E-state index is 0.0981. The Bertz CT molecular complexity index is 444. The third-order valence-electron chi connectivity index (χ3n) is 2.45. The first-order chi connectivity index (χ1) is 8.18. The molecule has 0 radical (unpaired) electrons. The maximum Gasteiger partial charge on any atom is 0.302 e. The summed E-state index contributed by atoms with van der Waals surface area (Å²) < 4.78 is 10.2. The second-order valence-corrected chi connectivity index (χ2v) is 3.68. The Balaban J connectivity index is 2.00. The van der Waals surface area contributed by atoms with Crippen molar-refractivity contribution in [2.24, 2.45) is 0 Å². The molecule has 17 heavy (non-hydrogen) atoms. The van der Waals surface area contributed by atoms with E-state index >= 15 is 0 Å². The van der Waals surface area contributed by atoms with Gasteiger partial charge in [-0.1, -0.05) is 12.1 Å². The molecule has 0 aromatic heterocycles. The van der Waals surface area contributed by atoms with Gasteiger partial charge in [-0.15, -0.1) is 0 Å². The number of carbonyl (C=O) groups is 2. The molecule has 1 aliphatic heterocycles. The van der Waals surface area contributed by atoms with Gasteiger partial charge in [-0.3, -0.25) is 9.59 Å². The summed E-state index contributed by atoms with van der Waals surface area (Å²) in [5, 5.41) is 0. The van der Waals surface area contributed by atoms with Crippen LogP contribution in [0.2, 0.25) is 0 Å². The summed E-state index contributed by atoms with van der Waals surface area (Å²) in [4.78, 5) is 24.1. The Morgan fingerprint density at radius 3 is 3.00 bits per heavy atom. The molecule has 0 unspecified atom stereocenters. The van der Waals surface area contributed by atoms with Gasteiger partial charge in [-0.2, -0.15) is 0 Å². The summed E-state index contributed by atoms with van der Waals surface area (Å²) in [7, 11) is 0. The van der Waals surface area contributed by atoms with Crippen molar-refractivity contribution in [3.8, 4) is 5.75 Å². The molecule has 1 aromatic rings. The molecule has 1 aliphatic rings. The van der Waals surface area contributed by atoms with E-state index in [1.165, 1.54) is 11.8 Å². The first kappa shape index (κ1) is 11.4. The van der Waals surface area contributed by atoms with E-state index in [9.17, 15) is 9.59 Å². The molecule has 5 nitrogen and oxygen atoms in total. The molecular weight excluding hydrogens is 222 g/mol. The fourth-order valence-electron chi connectivity index (χ4n) is 1.61. The van der Waals surface area contributed by atoms with Crippen LogP contribution in [0, 0.1) is 0 Å². The number of hydrogen-bond donors (Lipinski definition) is 0. The van der Waals surface area contributed by atoms with Gasteiger partial charge in [0.1, 0.15) is 12.4 Å². The standard InChI is InChI=1S/C12H13NO4/c1-9(14)16-7-6-13-8-17-11-5-3-2-4-10(11)12(13)15/h2-5H,6-8H2,1H3. The smallest absolute Gasteiger partial charge is 0.302 e.